The molecule has 0 nitrogen and oxygen atoms in total. The van der Waals surface area contributed by atoms with Crippen LogP contribution in [0.1, 0.15) is 79.6 Å². The van der Waals surface area contributed by atoms with Gasteiger partial charge in [-0.25, -0.2) is 0 Å². The molecule has 0 aliphatic rings. The molecule has 0 aromatic carbocycles. The molecule has 0 saturated heterocycles. The maximum Gasteiger partial charge on any atom is 0.263 e. The number of rotatable bonds is 11. The van der Waals surface area contributed by atoms with Gasteiger partial charge in [0.1, 0.15) is 0 Å². The molecule has 1 atom stereocenters. The summed E-state index contributed by atoms with van der Waals surface area (Å²) in [5.74, 6) is 1.05. The third-order valence-corrected chi connectivity index (χ3v) is 5.65. The lowest BCUT2D eigenvalue weighted by Gasteiger charge is -2.35. The molecule has 0 aliphatic carbocycles. The number of allylic oxidation sites excluding steroid dienone is 1. The highest BCUT2D eigenvalue weighted by Gasteiger charge is 2.38. The van der Waals surface area contributed by atoms with Crippen molar-refractivity contribution in [2.45, 2.75) is 90.7 Å². The van der Waals surface area contributed by atoms with E-state index >= 15 is 0 Å². The van der Waals surface area contributed by atoms with Crippen LogP contribution < -0.4 is 0 Å². The minimum Gasteiger partial charge on any atom is -0.194 e. The largest absolute Gasteiger partial charge is 0.263 e. The smallest absolute Gasteiger partial charge is 0.194 e. The van der Waals surface area contributed by atoms with Crippen molar-refractivity contribution in [3.63, 3.8) is 0 Å². The monoisotopic (exact) mass is 284 g/mol. The third kappa shape index (κ3) is 6.88. The molecule has 0 rings (SSSR count). The predicted octanol–water partition coefficient (Wildman–Crippen LogP) is 6.96. The van der Waals surface area contributed by atoms with Crippen molar-refractivity contribution in [2.75, 3.05) is 0 Å². The van der Waals surface area contributed by atoms with Crippen molar-refractivity contribution in [1.82, 2.24) is 0 Å². The fourth-order valence-corrected chi connectivity index (χ4v) is 2.90. The number of halogens is 1. The van der Waals surface area contributed by atoms with Crippen molar-refractivity contribution in [3.05, 3.63) is 12.7 Å². The SMILES string of the molecule is C=CC(CCCCCCCC)B(Cl)C(C)(C)C(C)C. The summed E-state index contributed by atoms with van der Waals surface area (Å²) in [6.07, 6.45) is 11.6. The molecule has 0 spiro atoms. The minimum atomic E-state index is 0.169. The van der Waals surface area contributed by atoms with Crippen LogP contribution in [0.2, 0.25) is 11.1 Å². The number of hydrogen-bond acceptors (Lipinski definition) is 0. The summed E-state index contributed by atoms with van der Waals surface area (Å²) < 4.78 is 0. The van der Waals surface area contributed by atoms with Gasteiger partial charge in [0.25, 0.3) is 6.13 Å². The van der Waals surface area contributed by atoms with Gasteiger partial charge in [-0.05, 0) is 17.0 Å². The Morgan fingerprint density at radius 3 is 2.11 bits per heavy atom. The van der Waals surface area contributed by atoms with E-state index in [0.717, 1.165) is 0 Å². The average Bonchev–Trinajstić information content (AvgIpc) is 2.37. The van der Waals surface area contributed by atoms with E-state index in [2.05, 4.69) is 47.3 Å². The van der Waals surface area contributed by atoms with Crippen LogP contribution in [0, 0.1) is 5.92 Å². The molecule has 0 aromatic heterocycles. The standard InChI is InChI=1S/C17H34BCl/c1-7-9-10-11-12-13-14-16(8-2)18(19)17(5,6)15(3)4/h8,15-16H,2,7,9-14H2,1,3-6H3. The lowest BCUT2D eigenvalue weighted by atomic mass is 9.41. The van der Waals surface area contributed by atoms with Crippen LogP contribution >= 0.6 is 11.5 Å². The average molecular weight is 285 g/mol. The second kappa shape index (κ2) is 9.91. The summed E-state index contributed by atoms with van der Waals surface area (Å²) in [5, 5.41) is 0.169. The third-order valence-electron chi connectivity index (χ3n) is 4.77. The lowest BCUT2D eigenvalue weighted by molar-refractivity contribution is 0.464. The Labute approximate surface area is 127 Å². The molecular weight excluding hydrogens is 250 g/mol. The van der Waals surface area contributed by atoms with E-state index < -0.39 is 0 Å². The first kappa shape index (κ1) is 19.1. The van der Waals surface area contributed by atoms with Crippen LogP contribution in [0.15, 0.2) is 12.7 Å². The van der Waals surface area contributed by atoms with Crippen LogP contribution in [0.25, 0.3) is 0 Å². The Balaban J connectivity index is 4.10. The van der Waals surface area contributed by atoms with Crippen molar-refractivity contribution in [3.8, 4) is 0 Å². The van der Waals surface area contributed by atoms with E-state index in [-0.39, 0.29) is 11.4 Å². The van der Waals surface area contributed by atoms with E-state index in [1.807, 2.05) is 0 Å². The molecule has 0 radical (unpaired) electrons. The van der Waals surface area contributed by atoms with Gasteiger partial charge >= 0.3 is 0 Å². The first-order chi connectivity index (χ1) is 8.87. The van der Waals surface area contributed by atoms with E-state index in [1.165, 1.54) is 44.9 Å². The molecule has 0 fully saturated rings. The van der Waals surface area contributed by atoms with Crippen LogP contribution in [-0.4, -0.2) is 6.13 Å². The van der Waals surface area contributed by atoms with E-state index in [0.29, 0.717) is 11.7 Å². The van der Waals surface area contributed by atoms with Gasteiger partial charge in [-0.15, -0.1) is 6.58 Å². The van der Waals surface area contributed by atoms with E-state index in [1.54, 1.807) is 0 Å². The Bertz CT molecular complexity index is 235. The van der Waals surface area contributed by atoms with Crippen LogP contribution in [0.4, 0.5) is 0 Å². The quantitative estimate of drug-likeness (QED) is 0.218. The van der Waals surface area contributed by atoms with Gasteiger partial charge in [-0.2, -0.15) is 11.5 Å². The highest BCUT2D eigenvalue weighted by molar-refractivity contribution is 7.09. The minimum absolute atomic E-state index is 0.169. The van der Waals surface area contributed by atoms with Crippen molar-refractivity contribution >= 4 is 17.6 Å². The fraction of sp³-hybridized carbons (Fsp3) is 0.882. The Morgan fingerprint density at radius 1 is 1.11 bits per heavy atom. The fourth-order valence-electron chi connectivity index (χ4n) is 2.41. The van der Waals surface area contributed by atoms with Crippen molar-refractivity contribution < 1.29 is 0 Å². The second-order valence-electron chi connectivity index (χ2n) is 6.83. The summed E-state index contributed by atoms with van der Waals surface area (Å²) in [5.41, 5.74) is 0. The van der Waals surface area contributed by atoms with Gasteiger partial charge in [0, 0.05) is 0 Å². The van der Waals surface area contributed by atoms with Gasteiger partial charge in [-0.1, -0.05) is 85.6 Å². The van der Waals surface area contributed by atoms with Crippen molar-refractivity contribution in [2.24, 2.45) is 5.92 Å². The molecule has 0 amide bonds. The summed E-state index contributed by atoms with van der Waals surface area (Å²) in [4.78, 5) is 0. The summed E-state index contributed by atoms with van der Waals surface area (Å²) in [7, 11) is 0. The van der Waals surface area contributed by atoms with Gasteiger partial charge < -0.3 is 0 Å². The van der Waals surface area contributed by atoms with Crippen LogP contribution in [-0.2, 0) is 0 Å². The molecule has 0 saturated carbocycles. The Kier molecular flexibility index (Phi) is 9.96. The zero-order valence-corrected chi connectivity index (χ0v) is 14.6. The van der Waals surface area contributed by atoms with Crippen molar-refractivity contribution in [1.29, 1.82) is 0 Å². The molecule has 0 bridgehead atoms. The molecule has 19 heavy (non-hydrogen) atoms. The molecular formula is C17H34BCl. The Morgan fingerprint density at radius 2 is 1.63 bits per heavy atom. The summed E-state index contributed by atoms with van der Waals surface area (Å²) >= 11 is 6.72. The molecule has 0 aromatic rings. The molecule has 0 aliphatic heterocycles. The van der Waals surface area contributed by atoms with Gasteiger partial charge in [0.2, 0.25) is 0 Å². The first-order valence-electron chi connectivity index (χ1n) is 8.14. The predicted molar refractivity (Wildman–Crippen MR) is 92.4 cm³/mol. The lowest BCUT2D eigenvalue weighted by Crippen LogP contribution is -2.31. The summed E-state index contributed by atoms with van der Waals surface area (Å²) in [6.45, 7) is 15.4. The van der Waals surface area contributed by atoms with Crippen LogP contribution in [0.3, 0.4) is 0 Å². The maximum atomic E-state index is 6.72. The van der Waals surface area contributed by atoms with Gasteiger partial charge in [0.05, 0.1) is 0 Å². The summed E-state index contributed by atoms with van der Waals surface area (Å²) in [6, 6.07) is 0. The molecule has 2 heteroatoms. The molecule has 112 valence electrons. The van der Waals surface area contributed by atoms with Gasteiger partial charge in [0.15, 0.2) is 0 Å². The number of unbranched alkanes of at least 4 members (excludes halogenated alkanes) is 5. The zero-order chi connectivity index (χ0) is 14.9. The first-order valence-corrected chi connectivity index (χ1v) is 8.58. The number of hydrogen-bond donors (Lipinski definition) is 0. The second-order valence-corrected chi connectivity index (χ2v) is 7.30. The Hall–Kier alpha value is 0.0949. The molecule has 1 unspecified atom stereocenters. The molecule has 0 N–H and O–H groups in total. The van der Waals surface area contributed by atoms with E-state index in [9.17, 15) is 0 Å². The highest BCUT2D eigenvalue weighted by atomic mass is 35.5. The maximum absolute atomic E-state index is 6.72. The zero-order valence-electron chi connectivity index (χ0n) is 13.8. The normalized spacial score (nSPS) is 13.6. The highest BCUT2D eigenvalue weighted by Crippen LogP contribution is 2.45. The van der Waals surface area contributed by atoms with Gasteiger partial charge in [-0.3, -0.25) is 0 Å². The topological polar surface area (TPSA) is 0 Å². The van der Waals surface area contributed by atoms with E-state index in [4.69, 9.17) is 11.5 Å². The van der Waals surface area contributed by atoms with Crippen LogP contribution in [0.5, 0.6) is 0 Å². The molecule has 0 heterocycles.